The molecule has 1 heterocycles. The molecule has 1 N–H and O–H groups in total. The van der Waals surface area contributed by atoms with Gasteiger partial charge in [-0.3, -0.25) is 14.5 Å². The molecule has 0 aromatic heterocycles. The summed E-state index contributed by atoms with van der Waals surface area (Å²) in [6.45, 7) is 5.14. The molecule has 0 spiro atoms. The fourth-order valence-corrected chi connectivity index (χ4v) is 4.52. The highest BCUT2D eigenvalue weighted by Crippen LogP contribution is 2.33. The van der Waals surface area contributed by atoms with Crippen molar-refractivity contribution < 1.29 is 28.5 Å². The van der Waals surface area contributed by atoms with E-state index < -0.39 is 0 Å². The molecule has 0 saturated carbocycles. The lowest BCUT2D eigenvalue weighted by Gasteiger charge is -2.29. The Morgan fingerprint density at radius 1 is 1.00 bits per heavy atom. The van der Waals surface area contributed by atoms with Crippen LogP contribution < -0.4 is 19.5 Å². The first-order valence-corrected chi connectivity index (χ1v) is 12.8. The number of nitrogens with one attached hydrogen (secondary N) is 1. The Kier molecular flexibility index (Phi) is 10.5. The van der Waals surface area contributed by atoms with Crippen LogP contribution in [0.5, 0.6) is 17.2 Å². The van der Waals surface area contributed by atoms with E-state index in [1.54, 1.807) is 26.4 Å². The fraction of sp³-hybridized carbons (Fsp3) is 0.462. The maximum absolute atomic E-state index is 12.8. The van der Waals surface area contributed by atoms with Crippen molar-refractivity contribution in [1.29, 1.82) is 0 Å². The second kappa shape index (κ2) is 13.5. The van der Waals surface area contributed by atoms with Gasteiger partial charge < -0.3 is 24.3 Å². The molecule has 2 aromatic rings. The summed E-state index contributed by atoms with van der Waals surface area (Å²) in [6, 6.07) is 9.60. The Balaban J connectivity index is 1.43. The van der Waals surface area contributed by atoms with Crippen LogP contribution in [0.1, 0.15) is 41.3 Å². The summed E-state index contributed by atoms with van der Waals surface area (Å²) < 4.78 is 22.4. The third kappa shape index (κ3) is 7.99. The van der Waals surface area contributed by atoms with Crippen molar-refractivity contribution in [3.63, 3.8) is 0 Å². The van der Waals surface area contributed by atoms with Gasteiger partial charge in [0.1, 0.15) is 19.0 Å². The summed E-state index contributed by atoms with van der Waals surface area (Å²) in [5, 5.41) is 3.00. The van der Waals surface area contributed by atoms with Crippen molar-refractivity contribution in [2.75, 3.05) is 47.1 Å². The van der Waals surface area contributed by atoms with Crippen molar-refractivity contribution in [3.8, 4) is 17.2 Å². The van der Waals surface area contributed by atoms with Crippen LogP contribution in [-0.4, -0.2) is 63.8 Å². The second-order valence-electron chi connectivity index (χ2n) is 8.29. The number of carbonyl (C=O) groups is 2. The number of ether oxygens (including phenoxy) is 4. The van der Waals surface area contributed by atoms with E-state index >= 15 is 0 Å². The average Bonchev–Trinajstić information content (AvgIpc) is 2.85. The number of hydrogen-bond donors (Lipinski definition) is 1. The number of rotatable bonds is 12. The molecule has 1 aliphatic heterocycles. The maximum Gasteiger partial charge on any atom is 0.302 e. The number of benzene rings is 2. The first-order chi connectivity index (χ1) is 16.9. The van der Waals surface area contributed by atoms with Gasteiger partial charge in [0.2, 0.25) is 0 Å². The number of fused-ring (bicyclic) bond motifs is 1. The van der Waals surface area contributed by atoms with E-state index in [9.17, 15) is 9.59 Å². The molecule has 35 heavy (non-hydrogen) atoms. The lowest BCUT2D eigenvalue weighted by Crippen LogP contribution is -2.32. The van der Waals surface area contributed by atoms with E-state index in [0.717, 1.165) is 54.0 Å². The van der Waals surface area contributed by atoms with Crippen LogP contribution in [-0.2, 0) is 22.5 Å². The predicted octanol–water partition coefficient (Wildman–Crippen LogP) is 3.82. The normalized spacial score (nSPS) is 13.0. The van der Waals surface area contributed by atoms with Crippen LogP contribution in [0.3, 0.4) is 0 Å². The minimum atomic E-state index is -0.358. The third-order valence-corrected chi connectivity index (χ3v) is 6.49. The van der Waals surface area contributed by atoms with E-state index in [2.05, 4.69) is 44.9 Å². The molecule has 2 aromatic carbocycles. The van der Waals surface area contributed by atoms with Crippen LogP contribution in [0.15, 0.2) is 30.3 Å². The van der Waals surface area contributed by atoms with E-state index in [0.29, 0.717) is 17.9 Å². The number of unbranched alkanes of at least 4 members (excludes halogenated alkanes) is 1. The highest BCUT2D eigenvalue weighted by Gasteiger charge is 2.19. The molecule has 0 atom stereocenters. The van der Waals surface area contributed by atoms with Crippen LogP contribution >= 0.6 is 22.6 Å². The summed E-state index contributed by atoms with van der Waals surface area (Å²) >= 11 is 2.17. The Labute approximate surface area is 220 Å². The number of halogens is 1. The third-order valence-electron chi connectivity index (χ3n) is 5.82. The average molecular weight is 596 g/mol. The second-order valence-corrected chi connectivity index (χ2v) is 9.54. The molecule has 0 fully saturated rings. The van der Waals surface area contributed by atoms with Gasteiger partial charge >= 0.3 is 5.97 Å². The van der Waals surface area contributed by atoms with Crippen LogP contribution in [0.2, 0.25) is 0 Å². The van der Waals surface area contributed by atoms with Gasteiger partial charge in [-0.2, -0.15) is 0 Å². The zero-order valence-electron chi connectivity index (χ0n) is 20.5. The monoisotopic (exact) mass is 596 g/mol. The summed E-state index contributed by atoms with van der Waals surface area (Å²) in [6.07, 6.45) is 2.86. The van der Waals surface area contributed by atoms with Crippen LogP contribution in [0, 0.1) is 3.57 Å². The van der Waals surface area contributed by atoms with Crippen molar-refractivity contribution in [2.24, 2.45) is 0 Å². The summed E-state index contributed by atoms with van der Waals surface area (Å²) in [5.74, 6) is 1.50. The van der Waals surface area contributed by atoms with E-state index in [4.69, 9.17) is 18.9 Å². The molecule has 0 unspecified atom stereocenters. The number of carbonyl (C=O) groups excluding carboxylic acids is 2. The molecule has 1 amide bonds. The van der Waals surface area contributed by atoms with Gasteiger partial charge in [-0.05, 0) is 89.9 Å². The van der Waals surface area contributed by atoms with Gasteiger partial charge in [-0.15, -0.1) is 0 Å². The Morgan fingerprint density at radius 2 is 1.74 bits per heavy atom. The van der Waals surface area contributed by atoms with E-state index in [-0.39, 0.29) is 25.1 Å². The number of nitrogens with zero attached hydrogens (tertiary/aromatic N) is 1. The Hall–Kier alpha value is -2.53. The molecular weight excluding hydrogens is 563 g/mol. The zero-order chi connectivity index (χ0) is 25.2. The SMILES string of the molecule is COc1cc2c(cc1OC)CN(CCCCNC(=O)c1cc(I)ccc1OCCOC(C)=O)CC2. The number of methoxy groups -OCH3 is 2. The lowest BCUT2D eigenvalue weighted by molar-refractivity contribution is -0.141. The molecule has 0 radical (unpaired) electrons. The molecular formula is C26H33IN2O6. The summed E-state index contributed by atoms with van der Waals surface area (Å²) in [7, 11) is 3.32. The molecule has 8 nitrogen and oxygen atoms in total. The van der Waals surface area contributed by atoms with E-state index in [1.165, 1.54) is 18.1 Å². The van der Waals surface area contributed by atoms with Gasteiger partial charge in [0.25, 0.3) is 5.91 Å². The molecule has 0 saturated heterocycles. The lowest BCUT2D eigenvalue weighted by atomic mass is 9.98. The van der Waals surface area contributed by atoms with Gasteiger partial charge in [0.05, 0.1) is 19.8 Å². The van der Waals surface area contributed by atoms with Gasteiger partial charge in [0, 0.05) is 30.1 Å². The maximum atomic E-state index is 12.8. The number of esters is 1. The summed E-state index contributed by atoms with van der Waals surface area (Å²) in [4.78, 5) is 26.1. The minimum Gasteiger partial charge on any atom is -0.493 e. The first-order valence-electron chi connectivity index (χ1n) is 11.7. The van der Waals surface area contributed by atoms with Crippen LogP contribution in [0.25, 0.3) is 0 Å². The van der Waals surface area contributed by atoms with Gasteiger partial charge in [0.15, 0.2) is 11.5 Å². The quantitative estimate of drug-likeness (QED) is 0.227. The molecule has 0 bridgehead atoms. The smallest absolute Gasteiger partial charge is 0.302 e. The fourth-order valence-electron chi connectivity index (χ4n) is 4.03. The van der Waals surface area contributed by atoms with Crippen molar-refractivity contribution in [1.82, 2.24) is 10.2 Å². The zero-order valence-corrected chi connectivity index (χ0v) is 22.7. The predicted molar refractivity (Wildman–Crippen MR) is 141 cm³/mol. The van der Waals surface area contributed by atoms with E-state index in [1.807, 2.05) is 6.07 Å². The largest absolute Gasteiger partial charge is 0.493 e. The minimum absolute atomic E-state index is 0.143. The van der Waals surface area contributed by atoms with Gasteiger partial charge in [-0.25, -0.2) is 0 Å². The molecule has 9 heteroatoms. The molecule has 3 rings (SSSR count). The van der Waals surface area contributed by atoms with Crippen molar-refractivity contribution in [3.05, 3.63) is 50.6 Å². The summed E-state index contributed by atoms with van der Waals surface area (Å²) in [5.41, 5.74) is 3.08. The first kappa shape index (κ1) is 27.1. The number of hydrogen-bond acceptors (Lipinski definition) is 7. The van der Waals surface area contributed by atoms with Gasteiger partial charge in [-0.1, -0.05) is 0 Å². The molecule has 1 aliphatic rings. The van der Waals surface area contributed by atoms with Crippen molar-refractivity contribution >= 4 is 34.5 Å². The number of amides is 1. The highest BCUT2D eigenvalue weighted by atomic mass is 127. The Bertz CT molecular complexity index is 1030. The highest BCUT2D eigenvalue weighted by molar-refractivity contribution is 14.1. The van der Waals surface area contributed by atoms with Crippen LogP contribution in [0.4, 0.5) is 0 Å². The Morgan fingerprint density at radius 3 is 2.46 bits per heavy atom. The van der Waals surface area contributed by atoms with Crippen molar-refractivity contribution in [2.45, 2.75) is 32.7 Å². The molecule has 0 aliphatic carbocycles. The topological polar surface area (TPSA) is 86.3 Å². The standard InChI is InChI=1S/C26H33IN2O6/c1-18(30)34-12-13-35-23-7-6-21(27)16-22(23)26(31)28-9-4-5-10-29-11-8-19-14-24(32-2)25(33-3)15-20(19)17-29/h6-7,14-16H,4-5,8-13,17H2,1-3H3,(H,28,31). The molecule has 190 valence electrons.